The third-order valence-electron chi connectivity index (χ3n) is 1.85. The molecule has 2 unspecified atom stereocenters. The Morgan fingerprint density at radius 1 is 1.10 bits per heavy atom. The molecular formula is C5H8Cl4Ge. The average molecular weight is 283 g/mol. The van der Waals surface area contributed by atoms with E-state index < -0.39 is 10.5 Å². The van der Waals surface area contributed by atoms with Crippen LogP contribution in [-0.2, 0) is 0 Å². The second-order valence-electron chi connectivity index (χ2n) is 2.60. The summed E-state index contributed by atoms with van der Waals surface area (Å²) in [5.41, 5.74) is 0. The van der Waals surface area contributed by atoms with Crippen molar-refractivity contribution in [3.05, 3.63) is 0 Å². The zero-order valence-corrected chi connectivity index (χ0v) is 10.4. The SMILES string of the molecule is ClC1CCC[CH]1[Ge]([Cl])([Cl])[Cl]. The summed E-state index contributed by atoms with van der Waals surface area (Å²) in [4.78, 5) is 0. The zero-order chi connectivity index (χ0) is 7.78. The van der Waals surface area contributed by atoms with E-state index in [0.717, 1.165) is 19.3 Å². The summed E-state index contributed by atoms with van der Waals surface area (Å²) < 4.78 is 0.228. The molecule has 0 aliphatic heterocycles. The normalized spacial score (nSPS) is 34.8. The van der Waals surface area contributed by atoms with Crippen LogP contribution in [-0.4, -0.2) is 15.9 Å². The maximum absolute atomic E-state index is 5.96. The average Bonchev–Trinajstić information content (AvgIpc) is 2.11. The van der Waals surface area contributed by atoms with E-state index in [-0.39, 0.29) is 10.1 Å². The number of hydrogen-bond acceptors (Lipinski definition) is 0. The minimum absolute atomic E-state index is 0.132. The van der Waals surface area contributed by atoms with Gasteiger partial charge in [0.15, 0.2) is 0 Å². The quantitative estimate of drug-likeness (QED) is 0.507. The summed E-state index contributed by atoms with van der Waals surface area (Å²) >= 11 is 5.96. The van der Waals surface area contributed by atoms with Gasteiger partial charge in [0.05, 0.1) is 0 Å². The van der Waals surface area contributed by atoms with Gasteiger partial charge in [0.2, 0.25) is 0 Å². The Balaban J connectivity index is 2.55. The molecule has 2 atom stereocenters. The van der Waals surface area contributed by atoms with Gasteiger partial charge in [-0.1, -0.05) is 0 Å². The fraction of sp³-hybridized carbons (Fsp3) is 1.00. The molecule has 0 N–H and O–H groups in total. The van der Waals surface area contributed by atoms with Crippen molar-refractivity contribution in [1.82, 2.24) is 0 Å². The number of hydrogen-bond donors (Lipinski definition) is 0. The van der Waals surface area contributed by atoms with E-state index in [1.807, 2.05) is 0 Å². The third-order valence-corrected chi connectivity index (χ3v) is 10.4. The Hall–Kier alpha value is 1.70. The molecule has 0 amide bonds. The monoisotopic (exact) mass is 282 g/mol. The molecule has 0 bridgehead atoms. The first-order chi connectivity index (χ1) is 4.52. The Morgan fingerprint density at radius 3 is 1.90 bits per heavy atom. The second-order valence-corrected chi connectivity index (χ2v) is 19.3. The predicted octanol–water partition coefficient (Wildman–Crippen LogP) is 3.80. The molecule has 1 aliphatic carbocycles. The van der Waals surface area contributed by atoms with Crippen LogP contribution in [0.5, 0.6) is 0 Å². The van der Waals surface area contributed by atoms with Crippen LogP contribution in [0.15, 0.2) is 0 Å². The zero-order valence-electron chi connectivity index (χ0n) is 5.29. The molecule has 1 rings (SSSR count). The third kappa shape index (κ3) is 2.34. The molecule has 0 saturated heterocycles. The molecule has 0 nitrogen and oxygen atoms in total. The molecule has 10 heavy (non-hydrogen) atoms. The topological polar surface area (TPSA) is 0 Å². The van der Waals surface area contributed by atoms with Crippen LogP contribution in [0, 0.1) is 0 Å². The summed E-state index contributed by atoms with van der Waals surface area (Å²) in [6.07, 6.45) is 3.16. The minimum atomic E-state index is -2.97. The van der Waals surface area contributed by atoms with Crippen molar-refractivity contribution in [2.24, 2.45) is 0 Å². The van der Waals surface area contributed by atoms with Crippen LogP contribution in [0.3, 0.4) is 0 Å². The van der Waals surface area contributed by atoms with Gasteiger partial charge in [-0.2, -0.15) is 0 Å². The molecule has 0 spiro atoms. The summed E-state index contributed by atoms with van der Waals surface area (Å²) in [5, 5.41) is 0.132. The van der Waals surface area contributed by atoms with Gasteiger partial charge in [-0.25, -0.2) is 0 Å². The number of rotatable bonds is 1. The van der Waals surface area contributed by atoms with Crippen LogP contribution in [0.2, 0.25) is 4.75 Å². The summed E-state index contributed by atoms with van der Waals surface area (Å²) in [6.45, 7) is 0. The van der Waals surface area contributed by atoms with Crippen LogP contribution in [0.4, 0.5) is 0 Å². The van der Waals surface area contributed by atoms with Crippen molar-refractivity contribution < 1.29 is 0 Å². The first-order valence-corrected chi connectivity index (χ1v) is 13.1. The fourth-order valence-corrected chi connectivity index (χ4v) is 9.95. The molecule has 0 aromatic carbocycles. The van der Waals surface area contributed by atoms with E-state index in [4.69, 9.17) is 41.6 Å². The number of halogens is 4. The van der Waals surface area contributed by atoms with Crippen LogP contribution in [0.25, 0.3) is 0 Å². The molecule has 0 radical (unpaired) electrons. The predicted molar refractivity (Wildman–Crippen MR) is 50.6 cm³/mol. The Kier molecular flexibility index (Phi) is 3.54. The van der Waals surface area contributed by atoms with Gasteiger partial charge in [-0.05, 0) is 0 Å². The summed E-state index contributed by atoms with van der Waals surface area (Å²) in [7, 11) is 14.6. The summed E-state index contributed by atoms with van der Waals surface area (Å²) in [6, 6.07) is 0. The molecule has 0 aromatic rings. The van der Waals surface area contributed by atoms with Crippen molar-refractivity contribution in [3.8, 4) is 0 Å². The van der Waals surface area contributed by atoms with Crippen molar-refractivity contribution in [1.29, 1.82) is 0 Å². The van der Waals surface area contributed by atoms with Gasteiger partial charge in [-0.15, -0.1) is 0 Å². The van der Waals surface area contributed by atoms with Crippen molar-refractivity contribution in [3.63, 3.8) is 0 Å². The molecule has 1 saturated carbocycles. The van der Waals surface area contributed by atoms with Gasteiger partial charge < -0.3 is 0 Å². The fourth-order valence-electron chi connectivity index (χ4n) is 1.28. The maximum atomic E-state index is 5.96. The van der Waals surface area contributed by atoms with Gasteiger partial charge >= 0.3 is 81.5 Å². The van der Waals surface area contributed by atoms with Crippen molar-refractivity contribution in [2.75, 3.05) is 0 Å². The van der Waals surface area contributed by atoms with E-state index in [1.54, 1.807) is 0 Å². The molecular weight excluding hydrogens is 274 g/mol. The van der Waals surface area contributed by atoms with Gasteiger partial charge in [0.25, 0.3) is 0 Å². The van der Waals surface area contributed by atoms with Crippen LogP contribution in [0.1, 0.15) is 19.3 Å². The van der Waals surface area contributed by atoms with Gasteiger partial charge in [0, 0.05) is 0 Å². The van der Waals surface area contributed by atoms with Gasteiger partial charge in [0.1, 0.15) is 0 Å². The van der Waals surface area contributed by atoms with E-state index in [2.05, 4.69) is 0 Å². The Morgan fingerprint density at radius 2 is 1.70 bits per heavy atom. The first-order valence-electron chi connectivity index (χ1n) is 3.22. The molecule has 60 valence electrons. The van der Waals surface area contributed by atoms with Crippen LogP contribution >= 0.6 is 41.6 Å². The molecule has 0 heterocycles. The molecule has 0 aromatic heterocycles. The van der Waals surface area contributed by atoms with E-state index in [9.17, 15) is 0 Å². The molecule has 1 fully saturated rings. The first kappa shape index (κ1) is 9.79. The molecule has 1 aliphatic rings. The Labute approximate surface area is 81.1 Å². The van der Waals surface area contributed by atoms with Crippen LogP contribution < -0.4 is 0 Å². The second kappa shape index (κ2) is 3.61. The van der Waals surface area contributed by atoms with Crippen molar-refractivity contribution >= 4 is 52.1 Å². The van der Waals surface area contributed by atoms with E-state index >= 15 is 0 Å². The molecule has 5 heteroatoms. The van der Waals surface area contributed by atoms with Crippen molar-refractivity contribution in [2.45, 2.75) is 29.4 Å². The standard InChI is InChI=1S/C5H8Cl4Ge/c6-4-2-1-3-5(4)10(7,8)9/h4-5H,1-3H2. The number of alkyl halides is 1. The van der Waals surface area contributed by atoms with E-state index in [0.29, 0.717) is 0 Å². The Bertz CT molecular complexity index is 121. The van der Waals surface area contributed by atoms with E-state index in [1.165, 1.54) is 0 Å². The van der Waals surface area contributed by atoms with Gasteiger partial charge in [-0.3, -0.25) is 0 Å². The summed E-state index contributed by atoms with van der Waals surface area (Å²) in [5.74, 6) is 0.